The second-order valence-electron chi connectivity index (χ2n) is 4.68. The second kappa shape index (κ2) is 5.83. The van der Waals surface area contributed by atoms with Gasteiger partial charge in [-0.1, -0.05) is 12.1 Å². The van der Waals surface area contributed by atoms with E-state index in [0.717, 1.165) is 22.7 Å². The molecule has 21 heavy (non-hydrogen) atoms. The Kier molecular flexibility index (Phi) is 3.73. The largest absolute Gasteiger partial charge is 0.504 e. The highest BCUT2D eigenvalue weighted by atomic mass is 16.6. The average molecular weight is 287 g/mol. The SMILES string of the molecule is COc1cccc(CNc2ccc3c(c2)OCCO3)c1O. The first-order chi connectivity index (χ1) is 10.3. The lowest BCUT2D eigenvalue weighted by Gasteiger charge is -2.19. The number of methoxy groups -OCH3 is 1. The van der Waals surface area contributed by atoms with Crippen LogP contribution in [0.3, 0.4) is 0 Å². The number of hydrogen-bond acceptors (Lipinski definition) is 5. The van der Waals surface area contributed by atoms with Crippen molar-refractivity contribution in [2.45, 2.75) is 6.54 Å². The highest BCUT2D eigenvalue weighted by molar-refractivity contribution is 5.56. The maximum Gasteiger partial charge on any atom is 0.163 e. The Morgan fingerprint density at radius 2 is 1.95 bits per heavy atom. The molecule has 1 aliphatic heterocycles. The summed E-state index contributed by atoms with van der Waals surface area (Å²) >= 11 is 0. The first kappa shape index (κ1) is 13.4. The van der Waals surface area contributed by atoms with Gasteiger partial charge < -0.3 is 24.6 Å². The predicted molar refractivity (Wildman–Crippen MR) is 79.4 cm³/mol. The van der Waals surface area contributed by atoms with E-state index < -0.39 is 0 Å². The van der Waals surface area contributed by atoms with E-state index in [4.69, 9.17) is 14.2 Å². The molecule has 0 aliphatic carbocycles. The molecule has 3 rings (SSSR count). The van der Waals surface area contributed by atoms with Gasteiger partial charge in [-0.15, -0.1) is 0 Å². The number of para-hydroxylation sites is 1. The topological polar surface area (TPSA) is 60.0 Å². The number of nitrogens with one attached hydrogen (secondary N) is 1. The Balaban J connectivity index is 1.73. The Morgan fingerprint density at radius 3 is 2.76 bits per heavy atom. The monoisotopic (exact) mass is 287 g/mol. The molecule has 2 aromatic carbocycles. The van der Waals surface area contributed by atoms with Crippen molar-refractivity contribution in [1.82, 2.24) is 0 Å². The molecule has 0 fully saturated rings. The minimum absolute atomic E-state index is 0.157. The smallest absolute Gasteiger partial charge is 0.163 e. The van der Waals surface area contributed by atoms with Crippen LogP contribution >= 0.6 is 0 Å². The van der Waals surface area contributed by atoms with Crippen LogP contribution in [0.25, 0.3) is 0 Å². The molecule has 2 N–H and O–H groups in total. The second-order valence-corrected chi connectivity index (χ2v) is 4.68. The van der Waals surface area contributed by atoms with E-state index in [1.54, 1.807) is 6.07 Å². The van der Waals surface area contributed by atoms with E-state index in [2.05, 4.69) is 5.32 Å². The maximum atomic E-state index is 10.0. The van der Waals surface area contributed by atoms with Crippen LogP contribution < -0.4 is 19.5 Å². The third kappa shape index (κ3) is 2.81. The number of rotatable bonds is 4. The molecule has 0 radical (unpaired) electrons. The van der Waals surface area contributed by atoms with Gasteiger partial charge in [0.1, 0.15) is 13.2 Å². The Hall–Kier alpha value is -2.56. The zero-order valence-electron chi connectivity index (χ0n) is 11.8. The van der Waals surface area contributed by atoms with Crippen LogP contribution in [0.1, 0.15) is 5.56 Å². The fraction of sp³-hybridized carbons (Fsp3) is 0.250. The average Bonchev–Trinajstić information content (AvgIpc) is 2.54. The summed E-state index contributed by atoms with van der Waals surface area (Å²) in [4.78, 5) is 0. The van der Waals surface area contributed by atoms with Crippen LogP contribution in [0.2, 0.25) is 0 Å². The van der Waals surface area contributed by atoms with E-state index in [1.807, 2.05) is 30.3 Å². The van der Waals surface area contributed by atoms with E-state index in [1.165, 1.54) is 7.11 Å². The number of phenolic OH excluding ortho intramolecular Hbond substituents is 1. The zero-order valence-corrected chi connectivity index (χ0v) is 11.8. The molecule has 0 aromatic heterocycles. The van der Waals surface area contributed by atoms with Crippen molar-refractivity contribution in [2.75, 3.05) is 25.6 Å². The summed E-state index contributed by atoms with van der Waals surface area (Å²) in [5.41, 5.74) is 1.67. The van der Waals surface area contributed by atoms with E-state index in [-0.39, 0.29) is 5.75 Å². The molecule has 0 bridgehead atoms. The lowest BCUT2D eigenvalue weighted by molar-refractivity contribution is 0.171. The molecule has 0 atom stereocenters. The molecule has 110 valence electrons. The Morgan fingerprint density at radius 1 is 1.14 bits per heavy atom. The van der Waals surface area contributed by atoms with Gasteiger partial charge in [0.25, 0.3) is 0 Å². The highest BCUT2D eigenvalue weighted by Gasteiger charge is 2.12. The van der Waals surface area contributed by atoms with Crippen molar-refractivity contribution < 1.29 is 19.3 Å². The van der Waals surface area contributed by atoms with E-state index in [9.17, 15) is 5.11 Å². The van der Waals surface area contributed by atoms with E-state index >= 15 is 0 Å². The van der Waals surface area contributed by atoms with Gasteiger partial charge in [0.15, 0.2) is 23.0 Å². The van der Waals surface area contributed by atoms with Gasteiger partial charge in [-0.25, -0.2) is 0 Å². The number of benzene rings is 2. The number of anilines is 1. The van der Waals surface area contributed by atoms with Crippen molar-refractivity contribution in [3.05, 3.63) is 42.0 Å². The summed E-state index contributed by atoms with van der Waals surface area (Å²) in [5.74, 6) is 2.12. The third-order valence-corrected chi connectivity index (χ3v) is 3.33. The minimum Gasteiger partial charge on any atom is -0.504 e. The lowest BCUT2D eigenvalue weighted by atomic mass is 10.1. The summed E-state index contributed by atoms with van der Waals surface area (Å²) in [6, 6.07) is 11.1. The molecular formula is C16H17NO4. The molecule has 0 unspecified atom stereocenters. The number of fused-ring (bicyclic) bond motifs is 1. The van der Waals surface area contributed by atoms with Crippen molar-refractivity contribution in [1.29, 1.82) is 0 Å². The van der Waals surface area contributed by atoms with Crippen LogP contribution in [-0.4, -0.2) is 25.4 Å². The maximum absolute atomic E-state index is 10.0. The van der Waals surface area contributed by atoms with Gasteiger partial charge in [-0.3, -0.25) is 0 Å². The summed E-state index contributed by atoms with van der Waals surface area (Å²) in [7, 11) is 1.53. The fourth-order valence-electron chi connectivity index (χ4n) is 2.23. The van der Waals surface area contributed by atoms with Crippen LogP contribution in [0.15, 0.2) is 36.4 Å². The van der Waals surface area contributed by atoms with Crippen LogP contribution in [-0.2, 0) is 6.54 Å². The lowest BCUT2D eigenvalue weighted by Crippen LogP contribution is -2.15. The van der Waals surface area contributed by atoms with Crippen molar-refractivity contribution in [2.24, 2.45) is 0 Å². The quantitative estimate of drug-likeness (QED) is 0.905. The molecule has 2 aromatic rings. The number of phenols is 1. The standard InChI is InChI=1S/C16H17NO4/c1-19-14-4-2-3-11(16(14)18)10-17-12-5-6-13-15(9-12)21-8-7-20-13/h2-6,9,17-18H,7-8,10H2,1H3. The van der Waals surface area contributed by atoms with Crippen molar-refractivity contribution >= 4 is 5.69 Å². The third-order valence-electron chi connectivity index (χ3n) is 3.33. The highest BCUT2D eigenvalue weighted by Crippen LogP contribution is 2.34. The Labute approximate surface area is 123 Å². The summed E-state index contributed by atoms with van der Waals surface area (Å²) in [6.07, 6.45) is 0. The van der Waals surface area contributed by atoms with Gasteiger partial charge in [0.05, 0.1) is 7.11 Å². The molecular weight excluding hydrogens is 270 g/mol. The molecule has 0 saturated heterocycles. The summed E-state index contributed by atoms with van der Waals surface area (Å²) in [6.45, 7) is 1.63. The zero-order chi connectivity index (χ0) is 14.7. The van der Waals surface area contributed by atoms with Crippen LogP contribution in [0, 0.1) is 0 Å². The number of ether oxygens (including phenoxy) is 3. The molecule has 0 saturated carbocycles. The van der Waals surface area contributed by atoms with Crippen molar-refractivity contribution in [3.63, 3.8) is 0 Å². The molecule has 1 aliphatic rings. The fourth-order valence-corrected chi connectivity index (χ4v) is 2.23. The van der Waals surface area contributed by atoms with Gasteiger partial charge in [-0.2, -0.15) is 0 Å². The first-order valence-corrected chi connectivity index (χ1v) is 6.76. The van der Waals surface area contributed by atoms with Gasteiger partial charge in [0.2, 0.25) is 0 Å². The normalized spacial score (nSPS) is 12.8. The molecule has 5 heteroatoms. The number of hydrogen-bond donors (Lipinski definition) is 2. The Bertz CT molecular complexity index is 642. The molecule has 0 spiro atoms. The first-order valence-electron chi connectivity index (χ1n) is 6.76. The number of aromatic hydroxyl groups is 1. The predicted octanol–water partition coefficient (Wildman–Crippen LogP) is 2.78. The van der Waals surface area contributed by atoms with Gasteiger partial charge in [-0.05, 0) is 18.2 Å². The summed E-state index contributed by atoms with van der Waals surface area (Å²) < 4.78 is 16.1. The molecule has 1 heterocycles. The molecule has 0 amide bonds. The van der Waals surface area contributed by atoms with Crippen molar-refractivity contribution in [3.8, 4) is 23.0 Å². The summed E-state index contributed by atoms with van der Waals surface area (Å²) in [5, 5.41) is 13.3. The van der Waals surface area contributed by atoms with Crippen LogP contribution in [0.4, 0.5) is 5.69 Å². The molecule has 5 nitrogen and oxygen atoms in total. The van der Waals surface area contributed by atoms with Gasteiger partial charge in [0, 0.05) is 23.9 Å². The van der Waals surface area contributed by atoms with Crippen LogP contribution in [0.5, 0.6) is 23.0 Å². The van der Waals surface area contributed by atoms with Gasteiger partial charge >= 0.3 is 0 Å². The minimum atomic E-state index is 0.157. The van der Waals surface area contributed by atoms with E-state index in [0.29, 0.717) is 25.5 Å².